The average molecular weight is 337 g/mol. The zero-order valence-electron chi connectivity index (χ0n) is 14.3. The van der Waals surface area contributed by atoms with Crippen LogP contribution in [-0.4, -0.2) is 0 Å². The Morgan fingerprint density at radius 3 is 1.85 bits per heavy atom. The van der Waals surface area contributed by atoms with Crippen LogP contribution in [0, 0.1) is 0 Å². The lowest BCUT2D eigenvalue weighted by Gasteiger charge is -2.03. The number of hydrogen-bond donors (Lipinski definition) is 1. The van der Waals surface area contributed by atoms with Crippen LogP contribution in [0.25, 0.3) is 33.1 Å². The Morgan fingerprint density at radius 1 is 0.538 bits per heavy atom. The molecule has 0 aliphatic carbocycles. The molecule has 5 aromatic rings. The van der Waals surface area contributed by atoms with Gasteiger partial charge in [-0.1, -0.05) is 78.9 Å². The molecule has 0 amide bonds. The van der Waals surface area contributed by atoms with Gasteiger partial charge in [0.05, 0.1) is 0 Å². The quantitative estimate of drug-likeness (QED) is 0.354. The van der Waals surface area contributed by atoms with Crippen LogP contribution in [0.2, 0.25) is 0 Å². The van der Waals surface area contributed by atoms with Crippen molar-refractivity contribution in [2.24, 2.45) is 0 Å². The van der Waals surface area contributed by atoms with Crippen molar-refractivity contribution in [3.63, 3.8) is 0 Å². The number of benzene rings is 4. The molecular weight excluding hydrogens is 318 g/mol. The van der Waals surface area contributed by atoms with Crippen LogP contribution in [0.4, 0.5) is 5.69 Å². The van der Waals surface area contributed by atoms with E-state index in [-0.39, 0.29) is 0 Å². The second kappa shape index (κ2) is 7.16. The minimum absolute atomic E-state index is 0.822. The van der Waals surface area contributed by atoms with Gasteiger partial charge in [-0.05, 0) is 35.4 Å². The van der Waals surface area contributed by atoms with Crippen molar-refractivity contribution in [3.8, 4) is 11.1 Å². The largest absolute Gasteiger partial charge is 0.456 e. The Balaban J connectivity index is 0.000000204. The van der Waals surface area contributed by atoms with E-state index in [0.717, 1.165) is 16.9 Å². The molecule has 0 fully saturated rings. The lowest BCUT2D eigenvalue weighted by Crippen LogP contribution is -1.79. The summed E-state index contributed by atoms with van der Waals surface area (Å²) in [4.78, 5) is 0. The monoisotopic (exact) mass is 337 g/mol. The Bertz CT molecular complexity index is 1130. The van der Waals surface area contributed by atoms with Gasteiger partial charge in [0, 0.05) is 16.5 Å². The smallest absolute Gasteiger partial charge is 0.136 e. The van der Waals surface area contributed by atoms with Gasteiger partial charge in [0.1, 0.15) is 11.2 Å². The highest BCUT2D eigenvalue weighted by atomic mass is 16.3. The van der Waals surface area contributed by atoms with E-state index < -0.39 is 0 Å². The standard InChI is InChI=1S/C18H12O.C6H7N/c1-2-7-13(8-3-1)14-10-6-12-17-18(14)15-9-4-5-11-16(15)19-17;7-6-4-2-1-3-5-6/h1-12H;1-5H,7H2. The summed E-state index contributed by atoms with van der Waals surface area (Å²) in [5.74, 6) is 0. The topological polar surface area (TPSA) is 39.2 Å². The summed E-state index contributed by atoms with van der Waals surface area (Å²) in [5.41, 5.74) is 10.5. The molecule has 2 heteroatoms. The van der Waals surface area contributed by atoms with Crippen molar-refractivity contribution in [3.05, 3.63) is 103 Å². The zero-order valence-corrected chi connectivity index (χ0v) is 14.3. The Hall–Kier alpha value is -3.52. The lowest BCUT2D eigenvalue weighted by molar-refractivity contribution is 0.669. The van der Waals surface area contributed by atoms with Gasteiger partial charge in [-0.3, -0.25) is 0 Å². The minimum Gasteiger partial charge on any atom is -0.456 e. The van der Waals surface area contributed by atoms with Gasteiger partial charge in [-0.2, -0.15) is 0 Å². The molecule has 0 saturated heterocycles. The van der Waals surface area contributed by atoms with Crippen molar-refractivity contribution >= 4 is 27.6 Å². The highest BCUT2D eigenvalue weighted by molar-refractivity contribution is 6.12. The van der Waals surface area contributed by atoms with Crippen molar-refractivity contribution in [2.75, 3.05) is 5.73 Å². The Kier molecular flexibility index (Phi) is 4.40. The van der Waals surface area contributed by atoms with Gasteiger partial charge in [0.25, 0.3) is 0 Å². The summed E-state index contributed by atoms with van der Waals surface area (Å²) < 4.78 is 5.91. The molecule has 0 spiro atoms. The first-order valence-electron chi connectivity index (χ1n) is 8.59. The summed E-state index contributed by atoms with van der Waals surface area (Å²) in [7, 11) is 0. The first-order chi connectivity index (χ1) is 12.8. The molecule has 1 aromatic heterocycles. The third-order valence-electron chi connectivity index (χ3n) is 4.29. The predicted molar refractivity (Wildman–Crippen MR) is 110 cm³/mol. The number of para-hydroxylation sites is 2. The Labute approximate surface area is 152 Å². The molecule has 4 aromatic carbocycles. The van der Waals surface area contributed by atoms with Crippen molar-refractivity contribution in [1.29, 1.82) is 0 Å². The molecule has 0 bridgehead atoms. The van der Waals surface area contributed by atoms with E-state index in [1.165, 1.54) is 21.9 Å². The second-order valence-corrected chi connectivity index (χ2v) is 6.05. The third-order valence-corrected chi connectivity index (χ3v) is 4.29. The molecule has 0 saturated carbocycles. The van der Waals surface area contributed by atoms with Gasteiger partial charge >= 0.3 is 0 Å². The number of hydrogen-bond acceptors (Lipinski definition) is 2. The number of anilines is 1. The molecule has 26 heavy (non-hydrogen) atoms. The normalized spacial score (nSPS) is 10.5. The summed E-state index contributed by atoms with van der Waals surface area (Å²) >= 11 is 0. The maximum atomic E-state index is 5.91. The molecule has 0 atom stereocenters. The second-order valence-electron chi connectivity index (χ2n) is 6.05. The molecule has 1 heterocycles. The average Bonchev–Trinajstić information content (AvgIpc) is 3.08. The van der Waals surface area contributed by atoms with Crippen LogP contribution in [0.3, 0.4) is 0 Å². The van der Waals surface area contributed by atoms with Gasteiger partial charge in [0.15, 0.2) is 0 Å². The number of furan rings is 1. The molecule has 0 unspecified atom stereocenters. The molecule has 0 aliphatic heterocycles. The fourth-order valence-electron chi connectivity index (χ4n) is 3.09. The van der Waals surface area contributed by atoms with E-state index in [1.807, 2.05) is 60.7 Å². The van der Waals surface area contributed by atoms with Crippen molar-refractivity contribution in [1.82, 2.24) is 0 Å². The highest BCUT2D eigenvalue weighted by Gasteiger charge is 2.11. The number of nitrogen functional groups attached to an aromatic ring is 1. The zero-order chi connectivity index (χ0) is 17.8. The van der Waals surface area contributed by atoms with E-state index in [9.17, 15) is 0 Å². The van der Waals surface area contributed by atoms with Crippen molar-refractivity contribution in [2.45, 2.75) is 0 Å². The van der Waals surface area contributed by atoms with E-state index in [2.05, 4.69) is 42.5 Å². The lowest BCUT2D eigenvalue weighted by atomic mass is 10.00. The predicted octanol–water partition coefficient (Wildman–Crippen LogP) is 6.52. The SMILES string of the molecule is Nc1ccccc1.c1ccc(-c2cccc3oc4ccccc4c23)cc1. The molecule has 0 aliphatic rings. The molecule has 0 radical (unpaired) electrons. The first kappa shape index (κ1) is 16.0. The van der Waals surface area contributed by atoms with Gasteiger partial charge < -0.3 is 10.2 Å². The van der Waals surface area contributed by atoms with Crippen LogP contribution in [0.15, 0.2) is 108 Å². The van der Waals surface area contributed by atoms with E-state index in [0.29, 0.717) is 0 Å². The number of fused-ring (bicyclic) bond motifs is 3. The molecule has 126 valence electrons. The van der Waals surface area contributed by atoms with Crippen LogP contribution >= 0.6 is 0 Å². The molecular formula is C24H19NO. The number of nitrogens with two attached hydrogens (primary N) is 1. The molecule has 2 nitrogen and oxygen atoms in total. The van der Waals surface area contributed by atoms with Gasteiger partial charge in [-0.15, -0.1) is 0 Å². The minimum atomic E-state index is 0.822. The summed E-state index contributed by atoms with van der Waals surface area (Å²) in [6.45, 7) is 0. The summed E-state index contributed by atoms with van der Waals surface area (Å²) in [6, 6.07) is 34.4. The van der Waals surface area contributed by atoms with E-state index in [1.54, 1.807) is 0 Å². The summed E-state index contributed by atoms with van der Waals surface area (Å²) in [6.07, 6.45) is 0. The maximum Gasteiger partial charge on any atom is 0.136 e. The molecule has 2 N–H and O–H groups in total. The third kappa shape index (κ3) is 3.17. The first-order valence-corrected chi connectivity index (χ1v) is 8.59. The van der Waals surface area contributed by atoms with Crippen LogP contribution in [0.1, 0.15) is 0 Å². The fraction of sp³-hybridized carbons (Fsp3) is 0. The van der Waals surface area contributed by atoms with Gasteiger partial charge in [0.2, 0.25) is 0 Å². The fourth-order valence-corrected chi connectivity index (χ4v) is 3.09. The van der Waals surface area contributed by atoms with Gasteiger partial charge in [-0.25, -0.2) is 0 Å². The number of rotatable bonds is 1. The summed E-state index contributed by atoms with van der Waals surface area (Å²) in [5, 5.41) is 2.38. The highest BCUT2D eigenvalue weighted by Crippen LogP contribution is 2.36. The van der Waals surface area contributed by atoms with E-state index in [4.69, 9.17) is 10.2 Å². The molecule has 5 rings (SSSR count). The maximum absolute atomic E-state index is 5.91. The van der Waals surface area contributed by atoms with Crippen LogP contribution < -0.4 is 5.73 Å². The van der Waals surface area contributed by atoms with Crippen molar-refractivity contribution < 1.29 is 4.42 Å². The van der Waals surface area contributed by atoms with Crippen LogP contribution in [-0.2, 0) is 0 Å². The Morgan fingerprint density at radius 2 is 1.15 bits per heavy atom. The van der Waals surface area contributed by atoms with E-state index >= 15 is 0 Å². The van der Waals surface area contributed by atoms with Crippen LogP contribution in [0.5, 0.6) is 0 Å².